The van der Waals surface area contributed by atoms with Gasteiger partial charge in [0.15, 0.2) is 5.12 Å². The predicted molar refractivity (Wildman–Crippen MR) is 124 cm³/mol. The summed E-state index contributed by atoms with van der Waals surface area (Å²) in [5, 5.41) is 3.32. The van der Waals surface area contributed by atoms with Gasteiger partial charge in [-0.1, -0.05) is 18.2 Å². The van der Waals surface area contributed by atoms with Crippen molar-refractivity contribution in [2.24, 2.45) is 23.2 Å². The molecule has 1 N–H and O–H groups in total. The summed E-state index contributed by atoms with van der Waals surface area (Å²) in [7, 11) is 0. The highest BCUT2D eigenvalue weighted by Crippen LogP contribution is 2.61. The topological polar surface area (TPSA) is 52.7 Å². The first kappa shape index (κ1) is 22.4. The van der Waals surface area contributed by atoms with Crippen LogP contribution in [-0.2, 0) is 4.79 Å². The summed E-state index contributed by atoms with van der Waals surface area (Å²) in [6.07, 6.45) is 13.7. The molecule has 5 fully saturated rings. The first-order valence-electron chi connectivity index (χ1n) is 12.4. The largest absolute Gasteiger partial charge is 0.337 e. The highest BCUT2D eigenvalue weighted by molar-refractivity contribution is 8.13. The number of hydrogen-bond donors (Lipinski definition) is 1. The number of piperidine rings is 1. The molecular formula is C24H41N3O2S. The Morgan fingerprint density at radius 2 is 1.63 bits per heavy atom. The number of carbonyl (C=O) groups excluding carboxylic acids is 2. The van der Waals surface area contributed by atoms with Crippen molar-refractivity contribution in [3.8, 4) is 0 Å². The van der Waals surface area contributed by atoms with Crippen LogP contribution >= 0.6 is 11.8 Å². The zero-order chi connectivity index (χ0) is 21.0. The van der Waals surface area contributed by atoms with Crippen LogP contribution in [0.15, 0.2) is 0 Å². The number of urea groups is 1. The van der Waals surface area contributed by atoms with Crippen LogP contribution < -0.4 is 5.32 Å². The Morgan fingerprint density at radius 3 is 2.23 bits per heavy atom. The van der Waals surface area contributed by atoms with Crippen LogP contribution in [-0.4, -0.2) is 66.0 Å². The second-order valence-corrected chi connectivity index (χ2v) is 11.9. The minimum Gasteiger partial charge on any atom is -0.337 e. The van der Waals surface area contributed by atoms with Gasteiger partial charge < -0.3 is 15.1 Å². The molecule has 30 heavy (non-hydrogen) atoms. The van der Waals surface area contributed by atoms with Crippen LogP contribution in [0.4, 0.5) is 4.79 Å². The Morgan fingerprint density at radius 1 is 1.00 bits per heavy atom. The summed E-state index contributed by atoms with van der Waals surface area (Å²) in [5.74, 6) is 3.57. The summed E-state index contributed by atoms with van der Waals surface area (Å²) in [6.45, 7) is 7.15. The summed E-state index contributed by atoms with van der Waals surface area (Å²) < 4.78 is 0. The molecule has 0 aromatic carbocycles. The second-order valence-electron chi connectivity index (χ2n) is 10.6. The molecule has 4 aliphatic carbocycles. The van der Waals surface area contributed by atoms with Gasteiger partial charge in [0.05, 0.1) is 0 Å². The molecule has 5 rings (SSSR count). The number of amides is 2. The van der Waals surface area contributed by atoms with E-state index in [1.165, 1.54) is 82.6 Å². The lowest BCUT2D eigenvalue weighted by Gasteiger charge is -2.57. The monoisotopic (exact) mass is 435 g/mol. The molecule has 4 saturated carbocycles. The van der Waals surface area contributed by atoms with Crippen molar-refractivity contribution in [1.82, 2.24) is 15.1 Å². The van der Waals surface area contributed by atoms with Gasteiger partial charge in [-0.3, -0.25) is 4.79 Å². The van der Waals surface area contributed by atoms with E-state index >= 15 is 0 Å². The van der Waals surface area contributed by atoms with Crippen molar-refractivity contribution < 1.29 is 9.59 Å². The second kappa shape index (κ2) is 10.2. The fourth-order valence-corrected chi connectivity index (χ4v) is 7.80. The zero-order valence-corrected chi connectivity index (χ0v) is 19.7. The normalized spacial score (nSPS) is 32.9. The lowest BCUT2D eigenvalue weighted by atomic mass is 9.49. The molecule has 0 unspecified atom stereocenters. The minimum absolute atomic E-state index is 0.0703. The maximum absolute atomic E-state index is 13.0. The molecule has 0 aromatic rings. The van der Waals surface area contributed by atoms with Crippen molar-refractivity contribution in [3.63, 3.8) is 0 Å². The predicted octanol–water partition coefficient (Wildman–Crippen LogP) is 4.37. The molecule has 1 heterocycles. The zero-order valence-electron chi connectivity index (χ0n) is 18.9. The summed E-state index contributed by atoms with van der Waals surface area (Å²) >= 11 is 1.34. The van der Waals surface area contributed by atoms with E-state index in [1.54, 1.807) is 6.92 Å². The maximum Gasteiger partial charge on any atom is 0.317 e. The number of nitrogens with zero attached hydrogens (tertiary/aromatic N) is 2. The number of rotatable bonds is 9. The number of likely N-dealkylation sites (tertiary alicyclic amines) is 1. The molecule has 0 spiro atoms. The van der Waals surface area contributed by atoms with Gasteiger partial charge in [0.1, 0.15) is 0 Å². The lowest BCUT2D eigenvalue weighted by molar-refractivity contribution is -0.109. The molecule has 5 nitrogen and oxygen atoms in total. The molecule has 2 amide bonds. The van der Waals surface area contributed by atoms with Crippen LogP contribution in [0, 0.1) is 23.2 Å². The van der Waals surface area contributed by atoms with Crippen LogP contribution in [0.3, 0.4) is 0 Å². The Labute approximate surface area is 187 Å². The first-order valence-corrected chi connectivity index (χ1v) is 13.4. The van der Waals surface area contributed by atoms with Crippen molar-refractivity contribution in [3.05, 3.63) is 0 Å². The van der Waals surface area contributed by atoms with E-state index in [4.69, 9.17) is 0 Å². The van der Waals surface area contributed by atoms with Gasteiger partial charge in [-0.05, 0) is 94.0 Å². The van der Waals surface area contributed by atoms with Crippen LogP contribution in [0.1, 0.15) is 71.1 Å². The number of thioether (sulfide) groups is 1. The van der Waals surface area contributed by atoms with Crippen LogP contribution in [0.2, 0.25) is 0 Å². The first-order chi connectivity index (χ1) is 14.5. The van der Waals surface area contributed by atoms with Crippen LogP contribution in [0.5, 0.6) is 0 Å². The third kappa shape index (κ3) is 5.93. The Hall–Kier alpha value is -0.750. The summed E-state index contributed by atoms with van der Waals surface area (Å²) in [4.78, 5) is 28.8. The molecule has 1 saturated heterocycles. The lowest BCUT2D eigenvalue weighted by Crippen LogP contribution is -2.49. The smallest absolute Gasteiger partial charge is 0.317 e. The van der Waals surface area contributed by atoms with Gasteiger partial charge in [0.25, 0.3) is 0 Å². The van der Waals surface area contributed by atoms with Crippen molar-refractivity contribution in [2.75, 3.05) is 45.0 Å². The molecule has 5 aliphatic rings. The highest BCUT2D eigenvalue weighted by Gasteiger charge is 2.50. The quantitative estimate of drug-likeness (QED) is 0.584. The number of hydrogen-bond acceptors (Lipinski definition) is 4. The summed E-state index contributed by atoms with van der Waals surface area (Å²) in [6, 6.07) is 0.0703. The Balaban J connectivity index is 1.27. The molecule has 6 heteroatoms. The maximum atomic E-state index is 13.0. The Bertz CT molecular complexity index is 570. The molecule has 4 bridgehead atoms. The fourth-order valence-electron chi connectivity index (χ4n) is 7.20. The summed E-state index contributed by atoms with van der Waals surface area (Å²) in [5.41, 5.74) is 0.495. The van der Waals surface area contributed by atoms with E-state index in [0.29, 0.717) is 17.7 Å². The molecule has 0 radical (unpaired) electrons. The Kier molecular flexibility index (Phi) is 7.66. The molecule has 1 aliphatic heterocycles. The minimum atomic E-state index is 0.0703. The SMILES string of the molecule is CC(=O)SCCN(CCC12CC3CC(CC(C3)C1)C2)C(=O)NCCN1CCCCC1. The number of carbonyl (C=O) groups is 2. The van der Waals surface area contributed by atoms with E-state index < -0.39 is 0 Å². The third-order valence-corrected chi connectivity index (χ3v) is 8.98. The van der Waals surface area contributed by atoms with Crippen molar-refractivity contribution >= 4 is 22.9 Å². The van der Waals surface area contributed by atoms with E-state index in [0.717, 1.165) is 43.8 Å². The van der Waals surface area contributed by atoms with Crippen molar-refractivity contribution in [1.29, 1.82) is 0 Å². The standard InChI is InChI=1S/C24H41N3O2S/c1-19(28)30-12-11-27(23(29)25-6-10-26-7-3-2-4-8-26)9-5-24-16-20-13-21(17-24)15-22(14-20)18-24/h20-22H,2-18H2,1H3,(H,25,29). The van der Waals surface area contributed by atoms with Gasteiger partial charge in [0, 0.05) is 38.9 Å². The molecule has 0 aromatic heterocycles. The molecular weight excluding hydrogens is 394 g/mol. The third-order valence-electron chi connectivity index (χ3n) is 8.18. The van der Waals surface area contributed by atoms with E-state index in [9.17, 15) is 9.59 Å². The van der Waals surface area contributed by atoms with Gasteiger partial charge >= 0.3 is 6.03 Å². The van der Waals surface area contributed by atoms with Gasteiger partial charge in [-0.15, -0.1) is 0 Å². The van der Waals surface area contributed by atoms with Crippen molar-refractivity contribution in [2.45, 2.75) is 71.1 Å². The number of nitrogens with one attached hydrogen (secondary N) is 1. The molecule has 170 valence electrons. The average Bonchev–Trinajstić information content (AvgIpc) is 2.70. The van der Waals surface area contributed by atoms with Crippen LogP contribution in [0.25, 0.3) is 0 Å². The van der Waals surface area contributed by atoms with Gasteiger partial charge in [0.2, 0.25) is 0 Å². The average molecular weight is 436 g/mol. The van der Waals surface area contributed by atoms with E-state index in [2.05, 4.69) is 10.2 Å². The highest BCUT2D eigenvalue weighted by atomic mass is 32.2. The molecule has 0 atom stereocenters. The van der Waals surface area contributed by atoms with Gasteiger partial charge in [-0.2, -0.15) is 0 Å². The van der Waals surface area contributed by atoms with E-state index in [-0.39, 0.29) is 11.1 Å². The van der Waals surface area contributed by atoms with E-state index in [1.807, 2.05) is 4.90 Å². The fraction of sp³-hybridized carbons (Fsp3) is 0.917. The van der Waals surface area contributed by atoms with Gasteiger partial charge in [-0.25, -0.2) is 4.79 Å².